The van der Waals surface area contributed by atoms with Crippen LogP contribution in [0.4, 0.5) is 5.69 Å². The van der Waals surface area contributed by atoms with Crippen LogP contribution in [0.3, 0.4) is 0 Å². The van der Waals surface area contributed by atoms with E-state index in [4.69, 9.17) is 11.6 Å². The summed E-state index contributed by atoms with van der Waals surface area (Å²) in [6.07, 6.45) is 4.17. The fourth-order valence-corrected chi connectivity index (χ4v) is 1.73. The predicted octanol–water partition coefficient (Wildman–Crippen LogP) is 3.67. The minimum absolute atomic E-state index is 0.603. The number of aromatic nitrogens is 1. The van der Waals surface area contributed by atoms with Crippen LogP contribution >= 0.6 is 11.6 Å². The first-order valence-corrected chi connectivity index (χ1v) is 5.94. The van der Waals surface area contributed by atoms with Gasteiger partial charge in [-0.1, -0.05) is 25.4 Å². The van der Waals surface area contributed by atoms with Crippen molar-refractivity contribution < 1.29 is 0 Å². The summed E-state index contributed by atoms with van der Waals surface area (Å²) in [6, 6.07) is 2.11. The summed E-state index contributed by atoms with van der Waals surface area (Å²) in [5.41, 5.74) is 2.23. The first-order chi connectivity index (χ1) is 7.19. The molecule has 0 saturated carbocycles. The number of rotatable bonds is 5. The molecule has 1 aromatic rings. The Bertz CT molecular complexity index is 306. The largest absolute Gasteiger partial charge is 0.370 e. The number of anilines is 1. The summed E-state index contributed by atoms with van der Waals surface area (Å²) in [5, 5.41) is 0.603. The molecule has 0 fully saturated rings. The van der Waals surface area contributed by atoms with E-state index in [0.717, 1.165) is 31.5 Å². The van der Waals surface area contributed by atoms with Gasteiger partial charge in [0.1, 0.15) is 5.15 Å². The van der Waals surface area contributed by atoms with Gasteiger partial charge in [0.15, 0.2) is 0 Å². The lowest BCUT2D eigenvalue weighted by molar-refractivity contribution is 0.743. The minimum atomic E-state index is 0.603. The van der Waals surface area contributed by atoms with Gasteiger partial charge in [-0.2, -0.15) is 0 Å². The number of nitrogens with zero attached hydrogens (tertiary/aromatic N) is 2. The van der Waals surface area contributed by atoms with E-state index in [9.17, 15) is 0 Å². The SMILES string of the molecule is CCCN(CCC)c1cnc(Cl)c(C)c1. The summed E-state index contributed by atoms with van der Waals surface area (Å²) in [6.45, 7) is 8.54. The molecule has 0 atom stereocenters. The molecule has 0 amide bonds. The van der Waals surface area contributed by atoms with E-state index in [1.165, 1.54) is 5.69 Å². The van der Waals surface area contributed by atoms with Gasteiger partial charge >= 0.3 is 0 Å². The van der Waals surface area contributed by atoms with E-state index >= 15 is 0 Å². The molecule has 0 aromatic carbocycles. The fraction of sp³-hybridized carbons (Fsp3) is 0.583. The third-order valence-corrected chi connectivity index (χ3v) is 2.75. The normalized spacial score (nSPS) is 10.4. The van der Waals surface area contributed by atoms with Crippen molar-refractivity contribution in [2.45, 2.75) is 33.6 Å². The zero-order valence-corrected chi connectivity index (χ0v) is 10.5. The zero-order chi connectivity index (χ0) is 11.3. The molecule has 0 radical (unpaired) electrons. The molecule has 3 heteroatoms. The molecule has 0 aliphatic carbocycles. The highest BCUT2D eigenvalue weighted by Crippen LogP contribution is 2.20. The number of halogens is 1. The quantitative estimate of drug-likeness (QED) is 0.713. The smallest absolute Gasteiger partial charge is 0.132 e. The van der Waals surface area contributed by atoms with Crippen LogP contribution in [0.15, 0.2) is 12.3 Å². The fourth-order valence-electron chi connectivity index (χ4n) is 1.63. The summed E-state index contributed by atoms with van der Waals surface area (Å²) in [4.78, 5) is 6.55. The Morgan fingerprint density at radius 1 is 1.27 bits per heavy atom. The third kappa shape index (κ3) is 3.38. The zero-order valence-electron chi connectivity index (χ0n) is 9.76. The molecular formula is C12H19ClN2. The standard InChI is InChI=1S/C12H19ClN2/c1-4-6-15(7-5-2)11-8-10(3)12(13)14-9-11/h8-9H,4-7H2,1-3H3. The summed E-state index contributed by atoms with van der Waals surface area (Å²) >= 11 is 5.91. The van der Waals surface area contributed by atoms with Crippen molar-refractivity contribution in [3.05, 3.63) is 23.0 Å². The van der Waals surface area contributed by atoms with Crippen LogP contribution in [0.25, 0.3) is 0 Å². The molecular weight excluding hydrogens is 208 g/mol. The maximum atomic E-state index is 5.91. The van der Waals surface area contributed by atoms with Gasteiger partial charge in [0.25, 0.3) is 0 Å². The summed E-state index contributed by atoms with van der Waals surface area (Å²) in [5.74, 6) is 0. The van der Waals surface area contributed by atoms with Crippen molar-refractivity contribution >= 4 is 17.3 Å². The lowest BCUT2D eigenvalue weighted by Gasteiger charge is -2.23. The second-order valence-corrected chi connectivity index (χ2v) is 4.15. The van der Waals surface area contributed by atoms with Gasteiger partial charge in [0.2, 0.25) is 0 Å². The van der Waals surface area contributed by atoms with Crippen molar-refractivity contribution in [3.8, 4) is 0 Å². The van der Waals surface area contributed by atoms with Crippen LogP contribution in [-0.4, -0.2) is 18.1 Å². The summed E-state index contributed by atoms with van der Waals surface area (Å²) in [7, 11) is 0. The Kier molecular flexibility index (Phi) is 4.89. The van der Waals surface area contributed by atoms with Crippen LogP contribution in [0.1, 0.15) is 32.3 Å². The van der Waals surface area contributed by atoms with Crippen molar-refractivity contribution in [2.75, 3.05) is 18.0 Å². The van der Waals surface area contributed by atoms with E-state index < -0.39 is 0 Å². The molecule has 0 aliphatic heterocycles. The van der Waals surface area contributed by atoms with Crippen LogP contribution < -0.4 is 4.90 Å². The Morgan fingerprint density at radius 2 is 1.87 bits per heavy atom. The van der Waals surface area contributed by atoms with E-state index in [-0.39, 0.29) is 0 Å². The van der Waals surface area contributed by atoms with Gasteiger partial charge in [-0.3, -0.25) is 0 Å². The van der Waals surface area contributed by atoms with Crippen LogP contribution in [0.5, 0.6) is 0 Å². The molecule has 0 unspecified atom stereocenters. The monoisotopic (exact) mass is 226 g/mol. The molecule has 0 aliphatic rings. The highest BCUT2D eigenvalue weighted by Gasteiger charge is 2.06. The van der Waals surface area contributed by atoms with E-state index in [1.807, 2.05) is 13.1 Å². The van der Waals surface area contributed by atoms with Crippen LogP contribution in [-0.2, 0) is 0 Å². The van der Waals surface area contributed by atoms with Crippen LogP contribution in [0, 0.1) is 6.92 Å². The van der Waals surface area contributed by atoms with Gasteiger partial charge in [-0.25, -0.2) is 4.98 Å². The van der Waals surface area contributed by atoms with Gasteiger partial charge in [-0.05, 0) is 31.4 Å². The molecule has 1 rings (SSSR count). The molecule has 1 aromatic heterocycles. The van der Waals surface area contributed by atoms with Gasteiger partial charge < -0.3 is 4.90 Å². The van der Waals surface area contributed by atoms with E-state index in [2.05, 4.69) is 29.8 Å². The molecule has 1 heterocycles. The Morgan fingerprint density at radius 3 is 2.33 bits per heavy atom. The molecule has 0 saturated heterocycles. The van der Waals surface area contributed by atoms with Crippen LogP contribution in [0.2, 0.25) is 5.15 Å². The van der Waals surface area contributed by atoms with E-state index in [0.29, 0.717) is 5.15 Å². The first kappa shape index (κ1) is 12.3. The molecule has 84 valence electrons. The topological polar surface area (TPSA) is 16.1 Å². The molecule has 0 spiro atoms. The molecule has 0 bridgehead atoms. The summed E-state index contributed by atoms with van der Waals surface area (Å²) < 4.78 is 0. The maximum absolute atomic E-state index is 5.91. The molecule has 15 heavy (non-hydrogen) atoms. The lowest BCUT2D eigenvalue weighted by atomic mass is 10.2. The maximum Gasteiger partial charge on any atom is 0.132 e. The Balaban J connectivity index is 2.85. The number of aryl methyl sites for hydroxylation is 1. The van der Waals surface area contributed by atoms with Crippen molar-refractivity contribution in [1.82, 2.24) is 4.98 Å². The second kappa shape index (κ2) is 5.96. The minimum Gasteiger partial charge on any atom is -0.370 e. The number of pyridine rings is 1. The van der Waals surface area contributed by atoms with Crippen molar-refractivity contribution in [1.29, 1.82) is 0 Å². The van der Waals surface area contributed by atoms with E-state index in [1.54, 1.807) is 0 Å². The average molecular weight is 227 g/mol. The number of hydrogen-bond donors (Lipinski definition) is 0. The number of hydrogen-bond acceptors (Lipinski definition) is 2. The Labute approximate surface area is 97.3 Å². The van der Waals surface area contributed by atoms with Gasteiger partial charge in [0.05, 0.1) is 11.9 Å². The first-order valence-electron chi connectivity index (χ1n) is 5.56. The highest BCUT2D eigenvalue weighted by molar-refractivity contribution is 6.30. The average Bonchev–Trinajstić information content (AvgIpc) is 2.22. The predicted molar refractivity (Wildman–Crippen MR) is 66.8 cm³/mol. The highest BCUT2D eigenvalue weighted by atomic mass is 35.5. The lowest BCUT2D eigenvalue weighted by Crippen LogP contribution is -2.25. The third-order valence-electron chi connectivity index (χ3n) is 2.35. The van der Waals surface area contributed by atoms with Gasteiger partial charge in [0, 0.05) is 13.1 Å². The second-order valence-electron chi connectivity index (χ2n) is 3.79. The van der Waals surface area contributed by atoms with Crippen molar-refractivity contribution in [2.24, 2.45) is 0 Å². The Hall–Kier alpha value is -0.760. The van der Waals surface area contributed by atoms with Gasteiger partial charge in [-0.15, -0.1) is 0 Å². The molecule has 0 N–H and O–H groups in total. The molecule has 2 nitrogen and oxygen atoms in total. The van der Waals surface area contributed by atoms with Crippen molar-refractivity contribution in [3.63, 3.8) is 0 Å².